The molecule has 0 bridgehead atoms. The van der Waals surface area contributed by atoms with E-state index in [0.717, 1.165) is 6.61 Å². The van der Waals surface area contributed by atoms with E-state index in [-0.39, 0.29) is 41.0 Å². The van der Waals surface area contributed by atoms with E-state index >= 15 is 0 Å². The Balaban J connectivity index is 0.000000176. The highest BCUT2D eigenvalue weighted by Crippen LogP contribution is 2.23. The van der Waals surface area contributed by atoms with Crippen molar-refractivity contribution in [2.45, 2.75) is 71.8 Å². The second-order valence-corrected chi connectivity index (χ2v) is 14.6. The van der Waals surface area contributed by atoms with Crippen molar-refractivity contribution in [1.29, 1.82) is 0 Å². The number of carbonyl (C=O) groups is 3. The quantitative estimate of drug-likeness (QED) is 0.105. The van der Waals surface area contributed by atoms with E-state index in [9.17, 15) is 34.2 Å². The van der Waals surface area contributed by atoms with Gasteiger partial charge in [0.15, 0.2) is 16.6 Å². The Labute approximate surface area is 319 Å². The van der Waals surface area contributed by atoms with Crippen molar-refractivity contribution in [3.63, 3.8) is 0 Å². The summed E-state index contributed by atoms with van der Waals surface area (Å²) in [5.74, 6) is -2.00. The first-order chi connectivity index (χ1) is 26.1. The van der Waals surface area contributed by atoms with Gasteiger partial charge >= 0.3 is 17.9 Å². The molecule has 0 saturated carbocycles. The van der Waals surface area contributed by atoms with Gasteiger partial charge in [-0.05, 0) is 54.5 Å². The first-order valence-electron chi connectivity index (χ1n) is 17.3. The molecule has 0 aromatic carbocycles. The predicted molar refractivity (Wildman–Crippen MR) is 203 cm³/mol. The van der Waals surface area contributed by atoms with Crippen molar-refractivity contribution in [3.8, 4) is 5.75 Å². The van der Waals surface area contributed by atoms with Crippen LogP contribution in [0.5, 0.6) is 5.75 Å². The van der Waals surface area contributed by atoms with Gasteiger partial charge in [0.05, 0.1) is 42.8 Å². The van der Waals surface area contributed by atoms with Crippen LogP contribution in [-0.2, 0) is 16.0 Å². The van der Waals surface area contributed by atoms with Gasteiger partial charge in [-0.1, -0.05) is 0 Å². The number of esters is 1. The molecule has 6 aromatic heterocycles. The number of aromatic amines is 1. The first-order valence-corrected chi connectivity index (χ1v) is 17.3. The monoisotopic (exact) mass is 778 g/mol. The number of carboxylic acid groups (broad SMARTS) is 2. The minimum absolute atomic E-state index is 0.0502. The summed E-state index contributed by atoms with van der Waals surface area (Å²) >= 11 is 0. The number of fused-ring (bicyclic) bond motifs is 3. The molecule has 56 heavy (non-hydrogen) atoms. The zero-order valence-corrected chi connectivity index (χ0v) is 32.0. The number of aliphatic hydroxyl groups is 2. The zero-order chi connectivity index (χ0) is 41.6. The second kappa shape index (κ2) is 17.1. The molecule has 0 radical (unpaired) electrons. The molecule has 6 aromatic rings. The minimum Gasteiger partial charge on any atom is -0.490 e. The SMILES string of the molecule is CC(C)(O)COc1ccn2c(C(=O)O)cnc2c1.CC(C)(O)Cn1cc(C(=O)O)n2ccc(=O)cc12.CC1(C)CO1.CCOC(=O)c1c[nH]c2cc(=O)ccn12. The number of nitrogens with one attached hydrogen (secondary N) is 1. The number of carbonyl (C=O) groups excluding carboxylic acids is 1. The van der Waals surface area contributed by atoms with Crippen molar-refractivity contribution in [1.82, 2.24) is 27.7 Å². The summed E-state index contributed by atoms with van der Waals surface area (Å²) in [5.41, 5.74) is 0.0530. The average molecular weight is 779 g/mol. The summed E-state index contributed by atoms with van der Waals surface area (Å²) in [7, 11) is 0. The molecule has 18 heteroatoms. The zero-order valence-electron chi connectivity index (χ0n) is 32.0. The summed E-state index contributed by atoms with van der Waals surface area (Å²) < 4.78 is 21.2. The number of nitrogens with zero attached hydrogens (tertiary/aromatic N) is 5. The molecule has 7 rings (SSSR count). The summed E-state index contributed by atoms with van der Waals surface area (Å²) in [6, 6.07) is 8.71. The number of pyridine rings is 3. The molecule has 1 aliphatic rings. The van der Waals surface area contributed by atoms with E-state index in [1.807, 2.05) is 0 Å². The smallest absolute Gasteiger partial charge is 0.356 e. The number of carboxylic acids is 2. The van der Waals surface area contributed by atoms with E-state index < -0.39 is 29.1 Å². The van der Waals surface area contributed by atoms with Gasteiger partial charge in [-0.3, -0.25) is 22.8 Å². The number of imidazole rings is 3. The van der Waals surface area contributed by atoms with Crippen LogP contribution in [0.25, 0.3) is 16.9 Å². The summed E-state index contributed by atoms with van der Waals surface area (Å²) in [6.45, 7) is 14.0. The number of ether oxygens (including phenoxy) is 3. The fourth-order valence-corrected chi connectivity index (χ4v) is 4.86. The van der Waals surface area contributed by atoms with Crippen LogP contribution >= 0.6 is 0 Å². The molecule has 1 saturated heterocycles. The number of hydrogen-bond donors (Lipinski definition) is 5. The van der Waals surface area contributed by atoms with Crippen molar-refractivity contribution < 1.29 is 49.0 Å². The molecule has 7 heterocycles. The Hall–Kier alpha value is -6.24. The fraction of sp³-hybridized carbons (Fsp3) is 0.368. The third-order valence-electron chi connectivity index (χ3n) is 7.56. The van der Waals surface area contributed by atoms with E-state index in [4.69, 9.17) is 24.4 Å². The normalized spacial score (nSPS) is 13.1. The molecule has 5 N–H and O–H groups in total. The second-order valence-electron chi connectivity index (χ2n) is 14.6. The summed E-state index contributed by atoms with van der Waals surface area (Å²) in [4.78, 5) is 62.7. The highest BCUT2D eigenvalue weighted by Gasteiger charge is 2.32. The minimum atomic E-state index is -1.09. The number of aromatic carboxylic acids is 2. The third kappa shape index (κ3) is 11.9. The van der Waals surface area contributed by atoms with E-state index in [1.54, 1.807) is 68.1 Å². The van der Waals surface area contributed by atoms with Gasteiger partial charge in [-0.25, -0.2) is 19.4 Å². The van der Waals surface area contributed by atoms with Gasteiger partial charge in [0.1, 0.15) is 40.7 Å². The highest BCUT2D eigenvalue weighted by molar-refractivity contribution is 5.88. The standard InChI is InChI=1S/2C12H14N2O4.C10H10N2O3.C4H8O/c1-12(2,17)7-18-8-3-4-14-9(11(15)16)6-13-10(14)5-8;1-12(2,18)7-13-6-9(11(16)17)14-4-3-8(15)5-10(13)14;1-2-15-10(14)8-6-11-9-5-7(13)3-4-12(8)9;1-4(2)3-5-4/h3-6,17H,7H2,1-2H3,(H,15,16);3-6,18H,7H2,1-2H3,(H,16,17);3-6,11H,2H2,1H3;3H2,1-2H3. The van der Waals surface area contributed by atoms with Gasteiger partial charge in [-0.2, -0.15) is 0 Å². The molecule has 0 spiro atoms. The Bertz CT molecular complexity index is 2450. The Morgan fingerprint density at radius 1 is 0.875 bits per heavy atom. The molecule has 0 amide bonds. The van der Waals surface area contributed by atoms with Gasteiger partial charge in [0, 0.05) is 61.3 Å². The lowest BCUT2D eigenvalue weighted by molar-refractivity contribution is 0.0284. The number of rotatable bonds is 9. The lowest BCUT2D eigenvalue weighted by atomic mass is 10.1. The van der Waals surface area contributed by atoms with Gasteiger partial charge in [0.2, 0.25) is 0 Å². The van der Waals surface area contributed by atoms with E-state index in [0.29, 0.717) is 35.0 Å². The van der Waals surface area contributed by atoms with Crippen LogP contribution in [0.2, 0.25) is 0 Å². The van der Waals surface area contributed by atoms with Crippen molar-refractivity contribution >= 4 is 34.8 Å². The van der Waals surface area contributed by atoms with Gasteiger partial charge in [-0.15, -0.1) is 0 Å². The fourth-order valence-electron chi connectivity index (χ4n) is 4.86. The molecule has 1 fully saturated rings. The average Bonchev–Trinajstić information content (AvgIpc) is 3.43. The van der Waals surface area contributed by atoms with Crippen LogP contribution in [0.1, 0.15) is 79.9 Å². The molecule has 18 nitrogen and oxygen atoms in total. The highest BCUT2D eigenvalue weighted by atomic mass is 16.6. The maximum absolute atomic E-state index is 11.5. The van der Waals surface area contributed by atoms with E-state index in [1.165, 1.54) is 57.9 Å². The van der Waals surface area contributed by atoms with Crippen LogP contribution < -0.4 is 15.6 Å². The maximum atomic E-state index is 11.5. The van der Waals surface area contributed by atoms with Crippen LogP contribution in [0.15, 0.2) is 83.2 Å². The summed E-state index contributed by atoms with van der Waals surface area (Å²) in [6.07, 6.45) is 8.76. The Morgan fingerprint density at radius 3 is 2.02 bits per heavy atom. The predicted octanol–water partition coefficient (Wildman–Crippen LogP) is 3.35. The Morgan fingerprint density at radius 2 is 1.46 bits per heavy atom. The van der Waals surface area contributed by atoms with Crippen LogP contribution in [0, 0.1) is 0 Å². The summed E-state index contributed by atoms with van der Waals surface area (Å²) in [5, 5.41) is 37.4. The molecule has 0 atom stereocenters. The molecule has 1 aliphatic heterocycles. The van der Waals surface area contributed by atoms with Gasteiger partial charge < -0.3 is 44.2 Å². The topological polar surface area (TPSA) is 244 Å². The van der Waals surface area contributed by atoms with Crippen molar-refractivity contribution in [2.75, 3.05) is 19.8 Å². The van der Waals surface area contributed by atoms with Crippen LogP contribution in [0.3, 0.4) is 0 Å². The number of hydrogen-bond acceptors (Lipinski definition) is 11. The Kier molecular flexibility index (Phi) is 12.9. The number of epoxide rings is 1. The molecular formula is C38H46N6O12. The first kappa shape index (κ1) is 42.5. The van der Waals surface area contributed by atoms with Crippen LogP contribution in [-0.4, -0.2) is 103 Å². The molecule has 0 unspecified atom stereocenters. The largest absolute Gasteiger partial charge is 0.490 e. The third-order valence-corrected chi connectivity index (χ3v) is 7.56. The van der Waals surface area contributed by atoms with Gasteiger partial charge in [0.25, 0.3) is 0 Å². The number of aromatic nitrogens is 6. The van der Waals surface area contributed by atoms with E-state index in [2.05, 4.69) is 23.8 Å². The maximum Gasteiger partial charge on any atom is 0.356 e. The van der Waals surface area contributed by atoms with Crippen molar-refractivity contribution in [3.05, 3.63) is 111 Å². The van der Waals surface area contributed by atoms with Crippen LogP contribution in [0.4, 0.5) is 0 Å². The number of H-pyrrole nitrogens is 1. The van der Waals surface area contributed by atoms with Crippen molar-refractivity contribution in [2.24, 2.45) is 0 Å². The molecule has 0 aliphatic carbocycles. The molecular weight excluding hydrogens is 732 g/mol. The molecule has 300 valence electrons. The lowest BCUT2D eigenvalue weighted by Crippen LogP contribution is -2.27. The lowest BCUT2D eigenvalue weighted by Gasteiger charge is -2.18.